The highest BCUT2D eigenvalue weighted by atomic mass is 32.2. The van der Waals surface area contributed by atoms with Crippen molar-refractivity contribution >= 4 is 33.4 Å². The number of hydrogen-bond acceptors (Lipinski definition) is 7. The molecule has 4 rings (SSSR count). The number of fused-ring (bicyclic) bond motifs is 1. The number of carbonyl (C=O) groups is 1. The number of carbonyl (C=O) groups excluding carboxylic acids is 1. The summed E-state index contributed by atoms with van der Waals surface area (Å²) in [5.41, 5.74) is 0.617. The van der Waals surface area contributed by atoms with Gasteiger partial charge < -0.3 is 14.8 Å². The number of benzene rings is 1. The standard InChI is InChI=1S/C19H21N3O5S2/c1-13(19(23)21-14-4-6-16-17(10-14)27-12-26-16)28-18-7-5-15(11-20-18)29(24,25)22-8-2-3-9-22/h4-7,10-11,13H,2-3,8-9,12H2,1H3,(H,21,23). The number of nitrogens with one attached hydrogen (secondary N) is 1. The van der Waals surface area contributed by atoms with Crippen LogP contribution in [0.3, 0.4) is 0 Å². The molecular weight excluding hydrogens is 414 g/mol. The molecule has 2 aromatic rings. The molecule has 2 aliphatic rings. The van der Waals surface area contributed by atoms with Gasteiger partial charge in [-0.25, -0.2) is 13.4 Å². The van der Waals surface area contributed by atoms with Crippen molar-refractivity contribution in [2.24, 2.45) is 0 Å². The third kappa shape index (κ3) is 4.34. The van der Waals surface area contributed by atoms with Gasteiger partial charge in [-0.15, -0.1) is 0 Å². The van der Waals surface area contributed by atoms with Crippen molar-refractivity contribution < 1.29 is 22.7 Å². The summed E-state index contributed by atoms with van der Waals surface area (Å²) in [7, 11) is -3.49. The molecule has 154 valence electrons. The molecule has 1 N–H and O–H groups in total. The molecule has 1 amide bonds. The average Bonchev–Trinajstić information content (AvgIpc) is 3.40. The number of nitrogens with zero attached hydrogens (tertiary/aromatic N) is 2. The fourth-order valence-electron chi connectivity index (χ4n) is 3.12. The van der Waals surface area contributed by atoms with Crippen molar-refractivity contribution in [3.05, 3.63) is 36.5 Å². The van der Waals surface area contributed by atoms with Gasteiger partial charge in [0, 0.05) is 31.0 Å². The second-order valence-corrected chi connectivity index (χ2v) is 10.1. The maximum Gasteiger partial charge on any atom is 0.244 e. The van der Waals surface area contributed by atoms with E-state index in [4.69, 9.17) is 9.47 Å². The number of amides is 1. The lowest BCUT2D eigenvalue weighted by Gasteiger charge is -2.15. The van der Waals surface area contributed by atoms with E-state index < -0.39 is 15.3 Å². The van der Waals surface area contributed by atoms with E-state index in [1.807, 2.05) is 0 Å². The molecule has 1 atom stereocenters. The molecule has 8 nitrogen and oxygen atoms in total. The largest absolute Gasteiger partial charge is 0.454 e. The Kier molecular flexibility index (Phi) is 5.66. The molecule has 0 spiro atoms. The third-order valence-electron chi connectivity index (χ3n) is 4.72. The number of ether oxygens (including phenoxy) is 2. The molecule has 1 fully saturated rings. The Hall–Kier alpha value is -2.30. The number of anilines is 1. The van der Waals surface area contributed by atoms with E-state index in [9.17, 15) is 13.2 Å². The van der Waals surface area contributed by atoms with Gasteiger partial charge in [-0.1, -0.05) is 11.8 Å². The van der Waals surface area contributed by atoms with Crippen molar-refractivity contribution in [3.63, 3.8) is 0 Å². The van der Waals surface area contributed by atoms with Gasteiger partial charge in [-0.3, -0.25) is 4.79 Å². The smallest absolute Gasteiger partial charge is 0.244 e. The van der Waals surface area contributed by atoms with Crippen LogP contribution in [0.2, 0.25) is 0 Å². The summed E-state index contributed by atoms with van der Waals surface area (Å²) in [6.07, 6.45) is 3.13. The zero-order valence-electron chi connectivity index (χ0n) is 15.8. The summed E-state index contributed by atoms with van der Waals surface area (Å²) in [6, 6.07) is 8.40. The van der Waals surface area contributed by atoms with E-state index in [-0.39, 0.29) is 17.6 Å². The lowest BCUT2D eigenvalue weighted by molar-refractivity contribution is -0.115. The molecule has 2 aliphatic heterocycles. The van der Waals surface area contributed by atoms with E-state index >= 15 is 0 Å². The summed E-state index contributed by atoms with van der Waals surface area (Å²) in [5, 5.41) is 3.00. The van der Waals surface area contributed by atoms with Crippen LogP contribution < -0.4 is 14.8 Å². The van der Waals surface area contributed by atoms with Crippen LogP contribution in [0.1, 0.15) is 19.8 Å². The van der Waals surface area contributed by atoms with Crippen LogP contribution in [-0.2, 0) is 14.8 Å². The van der Waals surface area contributed by atoms with Crippen molar-refractivity contribution in [2.75, 3.05) is 25.2 Å². The zero-order chi connectivity index (χ0) is 20.4. The molecule has 3 heterocycles. The monoisotopic (exact) mass is 435 g/mol. The van der Waals surface area contributed by atoms with Gasteiger partial charge in [-0.05, 0) is 44.0 Å². The highest BCUT2D eigenvalue weighted by Gasteiger charge is 2.27. The van der Waals surface area contributed by atoms with Gasteiger partial charge in [0.25, 0.3) is 0 Å². The fraction of sp³-hybridized carbons (Fsp3) is 0.368. The second-order valence-electron chi connectivity index (χ2n) is 6.76. The van der Waals surface area contributed by atoms with Crippen molar-refractivity contribution in [1.82, 2.24) is 9.29 Å². The molecule has 0 saturated carbocycles. The van der Waals surface area contributed by atoms with Crippen molar-refractivity contribution in [3.8, 4) is 11.5 Å². The first-order valence-electron chi connectivity index (χ1n) is 9.27. The summed E-state index contributed by atoms with van der Waals surface area (Å²) in [4.78, 5) is 16.9. The van der Waals surface area contributed by atoms with Crippen LogP contribution in [0, 0.1) is 0 Å². The predicted octanol–water partition coefficient (Wildman–Crippen LogP) is 2.71. The summed E-state index contributed by atoms with van der Waals surface area (Å²) in [6.45, 7) is 3.05. The highest BCUT2D eigenvalue weighted by molar-refractivity contribution is 8.00. The molecule has 1 unspecified atom stereocenters. The molecule has 1 aromatic heterocycles. The van der Waals surface area contributed by atoms with Crippen LogP contribution in [0.4, 0.5) is 5.69 Å². The van der Waals surface area contributed by atoms with Crippen LogP contribution in [0.15, 0.2) is 46.5 Å². The topological polar surface area (TPSA) is 97.8 Å². The van der Waals surface area contributed by atoms with Gasteiger partial charge in [0.1, 0.15) is 4.90 Å². The quantitative estimate of drug-likeness (QED) is 0.697. The maximum atomic E-state index is 12.6. The highest BCUT2D eigenvalue weighted by Crippen LogP contribution is 2.34. The minimum atomic E-state index is -3.49. The van der Waals surface area contributed by atoms with Crippen LogP contribution in [0.5, 0.6) is 11.5 Å². The van der Waals surface area contributed by atoms with Crippen molar-refractivity contribution in [1.29, 1.82) is 0 Å². The molecule has 0 radical (unpaired) electrons. The molecule has 1 saturated heterocycles. The lowest BCUT2D eigenvalue weighted by atomic mass is 10.2. The number of thioether (sulfide) groups is 1. The van der Waals surface area contributed by atoms with Crippen LogP contribution >= 0.6 is 11.8 Å². The lowest BCUT2D eigenvalue weighted by Crippen LogP contribution is -2.28. The van der Waals surface area contributed by atoms with E-state index in [0.717, 1.165) is 12.8 Å². The van der Waals surface area contributed by atoms with Gasteiger partial charge in [0.2, 0.25) is 22.7 Å². The minimum absolute atomic E-state index is 0.175. The molecule has 10 heteroatoms. The summed E-state index contributed by atoms with van der Waals surface area (Å²) < 4.78 is 37.2. The Bertz CT molecular complexity index is 1010. The molecule has 1 aromatic carbocycles. The van der Waals surface area contributed by atoms with E-state index in [0.29, 0.717) is 35.3 Å². The fourth-order valence-corrected chi connectivity index (χ4v) is 5.37. The summed E-state index contributed by atoms with van der Waals surface area (Å²) in [5.74, 6) is 1.06. The van der Waals surface area contributed by atoms with E-state index in [1.165, 1.54) is 22.3 Å². The van der Waals surface area contributed by atoms with Crippen LogP contribution in [-0.4, -0.2) is 48.7 Å². The Morgan fingerprint density at radius 2 is 1.93 bits per heavy atom. The summed E-state index contributed by atoms with van der Waals surface area (Å²) >= 11 is 1.26. The normalized spacial score (nSPS) is 17.3. The van der Waals surface area contributed by atoms with E-state index in [2.05, 4.69) is 10.3 Å². The molecule has 0 aliphatic carbocycles. The first-order valence-corrected chi connectivity index (χ1v) is 11.6. The Morgan fingerprint density at radius 3 is 2.66 bits per heavy atom. The SMILES string of the molecule is CC(Sc1ccc(S(=O)(=O)N2CCCC2)cn1)C(=O)Nc1ccc2c(c1)OCO2. The third-order valence-corrected chi connectivity index (χ3v) is 7.65. The number of aromatic nitrogens is 1. The van der Waals surface area contributed by atoms with Crippen LogP contribution in [0.25, 0.3) is 0 Å². The van der Waals surface area contributed by atoms with Gasteiger partial charge in [0.05, 0.1) is 10.3 Å². The minimum Gasteiger partial charge on any atom is -0.454 e. The van der Waals surface area contributed by atoms with Gasteiger partial charge in [-0.2, -0.15) is 4.31 Å². The van der Waals surface area contributed by atoms with E-state index in [1.54, 1.807) is 37.3 Å². The predicted molar refractivity (Wildman–Crippen MR) is 109 cm³/mol. The Balaban J connectivity index is 1.37. The second kappa shape index (κ2) is 8.21. The Morgan fingerprint density at radius 1 is 1.17 bits per heavy atom. The number of rotatable bonds is 6. The number of hydrogen-bond donors (Lipinski definition) is 1. The average molecular weight is 436 g/mol. The first kappa shape index (κ1) is 20.0. The molecular formula is C19H21N3O5S2. The first-order chi connectivity index (χ1) is 13.9. The molecule has 29 heavy (non-hydrogen) atoms. The van der Waals surface area contributed by atoms with Crippen molar-refractivity contribution in [2.45, 2.75) is 34.9 Å². The number of pyridine rings is 1. The number of sulfonamides is 1. The Labute approximate surface area is 173 Å². The van der Waals surface area contributed by atoms with Gasteiger partial charge in [0.15, 0.2) is 11.5 Å². The molecule has 0 bridgehead atoms. The van der Waals surface area contributed by atoms with Gasteiger partial charge >= 0.3 is 0 Å². The zero-order valence-corrected chi connectivity index (χ0v) is 17.5. The maximum absolute atomic E-state index is 12.6.